The first-order valence-electron chi connectivity index (χ1n) is 10.6. The number of fused-ring (bicyclic) bond motifs is 1. The van der Waals surface area contributed by atoms with Gasteiger partial charge in [0.1, 0.15) is 5.65 Å². The van der Waals surface area contributed by atoms with E-state index in [9.17, 15) is 0 Å². The van der Waals surface area contributed by atoms with E-state index in [1.54, 1.807) is 0 Å². The number of aromatic nitrogens is 6. The van der Waals surface area contributed by atoms with Crippen molar-refractivity contribution in [3.8, 4) is 22.5 Å². The summed E-state index contributed by atoms with van der Waals surface area (Å²) in [5.41, 5.74) is 8.31. The molecule has 1 fully saturated rings. The lowest BCUT2D eigenvalue weighted by Crippen LogP contribution is -2.04. The molecular weight excluding hydrogens is 384 g/mol. The van der Waals surface area contributed by atoms with E-state index in [0.717, 1.165) is 28.9 Å². The van der Waals surface area contributed by atoms with Crippen molar-refractivity contribution in [2.45, 2.75) is 32.2 Å². The first kappa shape index (κ1) is 18.0. The lowest BCUT2D eigenvalue weighted by Gasteiger charge is -2.12. The molecule has 3 heterocycles. The van der Waals surface area contributed by atoms with Crippen LogP contribution in [-0.4, -0.2) is 30.2 Å². The van der Waals surface area contributed by atoms with Crippen LogP contribution < -0.4 is 0 Å². The van der Waals surface area contributed by atoms with Gasteiger partial charge in [-0.05, 0) is 70.5 Å². The summed E-state index contributed by atoms with van der Waals surface area (Å²) in [6.45, 7) is 3.00. The first-order valence-corrected chi connectivity index (χ1v) is 10.6. The molecule has 6 heteroatoms. The highest BCUT2D eigenvalue weighted by Crippen LogP contribution is 2.42. The molecule has 1 saturated carbocycles. The highest BCUT2D eigenvalue weighted by molar-refractivity contribution is 5.82. The topological polar surface area (TPSA) is 72.3 Å². The molecular formula is C25H22N6. The van der Waals surface area contributed by atoms with E-state index in [-0.39, 0.29) is 0 Å². The highest BCUT2D eigenvalue weighted by Gasteiger charge is 2.28. The Balaban J connectivity index is 1.36. The van der Waals surface area contributed by atoms with Gasteiger partial charge in [-0.15, -0.1) is 5.10 Å². The van der Waals surface area contributed by atoms with E-state index < -0.39 is 0 Å². The van der Waals surface area contributed by atoms with Crippen LogP contribution in [0.5, 0.6) is 0 Å². The molecule has 1 aliphatic carbocycles. The average Bonchev–Trinajstić information content (AvgIpc) is 3.36. The van der Waals surface area contributed by atoms with Gasteiger partial charge in [-0.25, -0.2) is 10.1 Å². The molecule has 0 aliphatic heterocycles. The molecule has 152 valence electrons. The van der Waals surface area contributed by atoms with Crippen LogP contribution in [0.1, 0.15) is 35.6 Å². The molecule has 3 aromatic heterocycles. The number of H-pyrrole nitrogens is 1. The summed E-state index contributed by atoms with van der Waals surface area (Å²) in [6, 6.07) is 21.4. The van der Waals surface area contributed by atoms with E-state index in [1.807, 2.05) is 24.4 Å². The smallest absolute Gasteiger partial charge is 0.180 e. The lowest BCUT2D eigenvalue weighted by molar-refractivity contribution is 0.763. The molecule has 0 bridgehead atoms. The summed E-state index contributed by atoms with van der Waals surface area (Å²) in [5, 5.41) is 15.7. The van der Waals surface area contributed by atoms with Crippen molar-refractivity contribution in [2.24, 2.45) is 0 Å². The summed E-state index contributed by atoms with van der Waals surface area (Å²) in [4.78, 5) is 4.71. The summed E-state index contributed by atoms with van der Waals surface area (Å²) >= 11 is 0. The summed E-state index contributed by atoms with van der Waals surface area (Å²) in [7, 11) is 0. The number of hydrogen-bond donors (Lipinski definition) is 1. The fraction of sp³-hybridized carbons (Fsp3) is 0.200. The van der Waals surface area contributed by atoms with Crippen molar-refractivity contribution < 1.29 is 0 Å². The maximum Gasteiger partial charge on any atom is 0.180 e. The number of nitrogens with zero attached hydrogens (tertiary/aromatic N) is 5. The minimum absolute atomic E-state index is 0.675. The molecule has 0 saturated heterocycles. The van der Waals surface area contributed by atoms with Gasteiger partial charge in [0.2, 0.25) is 0 Å². The molecule has 2 aromatic carbocycles. The van der Waals surface area contributed by atoms with Crippen LogP contribution in [0.4, 0.5) is 0 Å². The lowest BCUT2D eigenvalue weighted by atomic mass is 9.98. The molecule has 0 unspecified atom stereocenters. The molecule has 0 atom stereocenters. The minimum Gasteiger partial charge on any atom is -0.325 e. The van der Waals surface area contributed by atoms with Crippen molar-refractivity contribution in [1.29, 1.82) is 0 Å². The van der Waals surface area contributed by atoms with Crippen LogP contribution in [0.25, 0.3) is 33.5 Å². The van der Waals surface area contributed by atoms with Gasteiger partial charge in [-0.2, -0.15) is 0 Å². The molecule has 5 aromatic rings. The molecule has 1 aliphatic rings. The third-order valence-electron chi connectivity index (χ3n) is 6.18. The summed E-state index contributed by atoms with van der Waals surface area (Å²) in [5.74, 6) is 1.35. The molecule has 0 spiro atoms. The van der Waals surface area contributed by atoms with Crippen molar-refractivity contribution in [3.05, 3.63) is 83.7 Å². The first-order chi connectivity index (χ1) is 15.3. The largest absolute Gasteiger partial charge is 0.325 e. The van der Waals surface area contributed by atoms with Gasteiger partial charge in [-0.3, -0.25) is 0 Å². The number of nitrogens with one attached hydrogen (secondary N) is 1. The number of hydrogen-bond acceptors (Lipinski definition) is 4. The van der Waals surface area contributed by atoms with Crippen molar-refractivity contribution in [3.63, 3.8) is 0 Å². The Kier molecular flexibility index (Phi) is 4.16. The van der Waals surface area contributed by atoms with Crippen LogP contribution in [0.15, 0.2) is 66.9 Å². The highest BCUT2D eigenvalue weighted by atomic mass is 15.5. The number of benzene rings is 2. The van der Waals surface area contributed by atoms with Crippen LogP contribution in [0.3, 0.4) is 0 Å². The van der Waals surface area contributed by atoms with Gasteiger partial charge < -0.3 is 4.57 Å². The second-order valence-electron chi connectivity index (χ2n) is 8.29. The molecule has 0 radical (unpaired) electrons. The van der Waals surface area contributed by atoms with Gasteiger partial charge in [0.15, 0.2) is 5.82 Å². The number of aromatic amines is 1. The quantitative estimate of drug-likeness (QED) is 0.440. The Labute approximate surface area is 180 Å². The maximum atomic E-state index is 4.71. The van der Waals surface area contributed by atoms with E-state index in [1.165, 1.54) is 35.0 Å². The Morgan fingerprint density at radius 1 is 1.00 bits per heavy atom. The third-order valence-corrected chi connectivity index (χ3v) is 6.18. The normalized spacial score (nSPS) is 13.7. The monoisotopic (exact) mass is 406 g/mol. The average molecular weight is 406 g/mol. The van der Waals surface area contributed by atoms with E-state index in [2.05, 4.69) is 74.6 Å². The van der Waals surface area contributed by atoms with Gasteiger partial charge in [-0.1, -0.05) is 48.5 Å². The van der Waals surface area contributed by atoms with Crippen molar-refractivity contribution in [2.75, 3.05) is 0 Å². The van der Waals surface area contributed by atoms with Crippen LogP contribution in [0.2, 0.25) is 0 Å². The molecule has 6 rings (SSSR count). The number of aryl methyl sites for hydroxylation is 1. The van der Waals surface area contributed by atoms with Gasteiger partial charge in [0.25, 0.3) is 0 Å². The predicted octanol–water partition coefficient (Wildman–Crippen LogP) is 5.12. The Hall–Kier alpha value is -3.80. The van der Waals surface area contributed by atoms with E-state index in [0.29, 0.717) is 11.7 Å². The van der Waals surface area contributed by atoms with Crippen molar-refractivity contribution >= 4 is 11.0 Å². The van der Waals surface area contributed by atoms with Gasteiger partial charge in [0.05, 0.1) is 0 Å². The van der Waals surface area contributed by atoms with E-state index in [4.69, 9.17) is 4.98 Å². The molecule has 31 heavy (non-hydrogen) atoms. The summed E-state index contributed by atoms with van der Waals surface area (Å²) < 4.78 is 2.41. The zero-order valence-electron chi connectivity index (χ0n) is 17.3. The second kappa shape index (κ2) is 7.16. The van der Waals surface area contributed by atoms with Crippen LogP contribution in [0, 0.1) is 6.92 Å². The summed E-state index contributed by atoms with van der Waals surface area (Å²) in [6.07, 6.45) is 4.48. The molecule has 6 nitrogen and oxygen atoms in total. The number of pyridine rings is 1. The minimum atomic E-state index is 0.675. The second-order valence-corrected chi connectivity index (χ2v) is 8.29. The van der Waals surface area contributed by atoms with Crippen molar-refractivity contribution in [1.82, 2.24) is 30.2 Å². The Morgan fingerprint density at radius 3 is 2.55 bits per heavy atom. The molecule has 0 amide bonds. The SMILES string of the molecule is Cc1ccnc2c1cc(C1CC1)n2Cc1ccc(-c2ccccc2-c2nnn[nH]2)cc1. The van der Waals surface area contributed by atoms with Crippen LogP contribution in [-0.2, 0) is 6.54 Å². The Bertz CT molecular complexity index is 1360. The Morgan fingerprint density at radius 2 is 1.81 bits per heavy atom. The van der Waals surface area contributed by atoms with Crippen LogP contribution >= 0.6 is 0 Å². The van der Waals surface area contributed by atoms with E-state index >= 15 is 0 Å². The zero-order valence-corrected chi connectivity index (χ0v) is 17.3. The molecule has 1 N–H and O–H groups in total. The zero-order chi connectivity index (χ0) is 20.8. The fourth-order valence-electron chi connectivity index (χ4n) is 4.37. The third kappa shape index (κ3) is 3.20. The fourth-order valence-corrected chi connectivity index (χ4v) is 4.37. The predicted molar refractivity (Wildman–Crippen MR) is 121 cm³/mol. The maximum absolute atomic E-state index is 4.71. The number of rotatable bonds is 5. The number of tetrazole rings is 1. The van der Waals surface area contributed by atoms with Gasteiger partial charge in [0, 0.05) is 29.4 Å². The standard InChI is InChI=1S/C25H22N6/c1-16-12-13-26-25-22(16)14-23(19-10-11-19)31(25)15-17-6-8-18(9-7-17)20-4-2-3-5-21(20)24-27-29-30-28-24/h2-9,12-14,19H,10-11,15H2,1H3,(H,27,28,29,30). The van der Waals surface area contributed by atoms with Gasteiger partial charge >= 0.3 is 0 Å².